The first-order valence-electron chi connectivity index (χ1n) is 17.9. The minimum Gasteiger partial charge on any atom is -0.481 e. The largest absolute Gasteiger partial charge is 0.481 e. The molecule has 9 N–H and O–H groups in total. The first-order chi connectivity index (χ1) is 26.5. The lowest BCUT2D eigenvalue weighted by molar-refractivity contribution is -0.149. The Morgan fingerprint density at radius 2 is 0.982 bits per heavy atom. The Morgan fingerprint density at radius 1 is 0.618 bits per heavy atom. The summed E-state index contributed by atoms with van der Waals surface area (Å²) in [7, 11) is 0. The monoisotopic (exact) mass is 778 g/mol. The van der Waals surface area contributed by atoms with E-state index >= 15 is 0 Å². The van der Waals surface area contributed by atoms with E-state index in [2.05, 4.69) is 15.0 Å². The second kappa shape index (κ2) is 23.6. The molecule has 0 aliphatic rings. The number of carbonyl (C=O) groups excluding carboxylic acids is 2. The molecule has 3 aromatic heterocycles. The number of ether oxygens (including phenoxy) is 2. The number of aromatic nitrogens is 3. The molecule has 0 aliphatic carbocycles. The van der Waals surface area contributed by atoms with Gasteiger partial charge in [0.2, 0.25) is 0 Å². The van der Waals surface area contributed by atoms with Crippen LogP contribution in [0.2, 0.25) is 0 Å². The number of carbonyl (C=O) groups is 3. The van der Waals surface area contributed by atoms with Crippen molar-refractivity contribution in [1.82, 2.24) is 15.0 Å². The van der Waals surface area contributed by atoms with Crippen LogP contribution in [0.25, 0.3) is 32.7 Å². The van der Waals surface area contributed by atoms with Crippen LogP contribution in [0, 0.1) is 11.8 Å². The van der Waals surface area contributed by atoms with Crippen LogP contribution >= 0.6 is 11.6 Å². The lowest BCUT2D eigenvalue weighted by Crippen LogP contribution is -2.34. The normalized spacial score (nSPS) is 12.3. The van der Waals surface area contributed by atoms with Gasteiger partial charge < -0.3 is 50.6 Å². The van der Waals surface area contributed by atoms with Gasteiger partial charge in [-0.25, -0.2) is 0 Å². The molecule has 13 nitrogen and oxygen atoms in total. The molecule has 0 spiro atoms. The van der Waals surface area contributed by atoms with Gasteiger partial charge in [-0.2, -0.15) is 0 Å². The van der Waals surface area contributed by atoms with Gasteiger partial charge in [-0.3, -0.25) is 14.4 Å². The average Bonchev–Trinajstić information content (AvgIpc) is 3.94. The predicted molar refractivity (Wildman–Crippen MR) is 214 cm³/mol. The molecule has 3 unspecified atom stereocenters. The van der Waals surface area contributed by atoms with Crippen molar-refractivity contribution in [1.29, 1.82) is 0 Å². The third kappa shape index (κ3) is 13.9. The summed E-state index contributed by atoms with van der Waals surface area (Å²) in [6, 6.07) is 23.0. The molecular weight excluding hydrogens is 728 g/mol. The van der Waals surface area contributed by atoms with Crippen LogP contribution in [0.3, 0.4) is 0 Å². The predicted octanol–water partition coefficient (Wildman–Crippen LogP) is 5.10. The van der Waals surface area contributed by atoms with Crippen molar-refractivity contribution in [2.45, 2.75) is 39.2 Å². The van der Waals surface area contributed by atoms with Crippen molar-refractivity contribution < 1.29 is 44.3 Å². The zero-order valence-electron chi connectivity index (χ0n) is 31.0. The van der Waals surface area contributed by atoms with Crippen LogP contribution < -0.4 is 5.73 Å². The van der Waals surface area contributed by atoms with Crippen molar-refractivity contribution in [2.75, 3.05) is 38.9 Å². The Hall–Kier alpha value is -5.18. The number of nitrogens with one attached hydrogen (secondary N) is 3. The number of carboxylic acids is 1. The van der Waals surface area contributed by atoms with E-state index < -0.39 is 18.0 Å². The molecule has 6 rings (SSSR count). The number of fused-ring (bicyclic) bond motifs is 3. The van der Waals surface area contributed by atoms with Crippen LogP contribution in [-0.4, -0.2) is 98.2 Å². The number of rotatable bonds is 14. The number of nitrogens with two attached hydrogens (primary N) is 1. The van der Waals surface area contributed by atoms with E-state index in [-0.39, 0.29) is 50.8 Å². The summed E-state index contributed by atoms with van der Waals surface area (Å²) >= 11 is 4.94. The number of hydrogen-bond acceptors (Lipinski definition) is 9. The van der Waals surface area contributed by atoms with E-state index in [1.807, 2.05) is 98.3 Å². The van der Waals surface area contributed by atoms with Gasteiger partial charge in [0.25, 0.3) is 0 Å². The van der Waals surface area contributed by atoms with Crippen LogP contribution in [0.15, 0.2) is 91.4 Å². The Morgan fingerprint density at radius 3 is 1.36 bits per heavy atom. The second-order valence-corrected chi connectivity index (χ2v) is 13.0. The Labute approximate surface area is 324 Å². The smallest absolute Gasteiger partial charge is 0.323 e. The number of alkyl halides is 1. The molecule has 296 valence electrons. The fourth-order valence-electron chi connectivity index (χ4n) is 5.59. The van der Waals surface area contributed by atoms with E-state index in [0.717, 1.165) is 49.4 Å². The molecule has 0 aliphatic heterocycles. The van der Waals surface area contributed by atoms with Crippen molar-refractivity contribution in [3.05, 3.63) is 108 Å². The number of aliphatic carboxylic acids is 1. The van der Waals surface area contributed by atoms with E-state index in [9.17, 15) is 14.4 Å². The molecule has 3 aromatic carbocycles. The molecule has 0 saturated carbocycles. The number of benzene rings is 3. The van der Waals surface area contributed by atoms with Gasteiger partial charge in [-0.1, -0.05) is 68.4 Å². The maximum Gasteiger partial charge on any atom is 0.323 e. The molecule has 0 bridgehead atoms. The summed E-state index contributed by atoms with van der Waals surface area (Å²) < 4.78 is 9.70. The molecule has 14 heteroatoms. The van der Waals surface area contributed by atoms with Crippen LogP contribution in [0.4, 0.5) is 0 Å². The maximum absolute atomic E-state index is 11.6. The Kier molecular flexibility index (Phi) is 19.0. The number of aliphatic hydroxyl groups excluding tert-OH is 3. The lowest BCUT2D eigenvalue weighted by atomic mass is 10.0. The Bertz CT molecular complexity index is 1960. The number of H-pyrrole nitrogens is 3. The molecule has 0 amide bonds. The van der Waals surface area contributed by atoms with Crippen LogP contribution in [0.1, 0.15) is 30.5 Å². The average molecular weight is 779 g/mol. The lowest BCUT2D eigenvalue weighted by Gasteiger charge is -2.10. The van der Waals surface area contributed by atoms with E-state index in [1.165, 1.54) is 0 Å². The van der Waals surface area contributed by atoms with Gasteiger partial charge in [-0.15, -0.1) is 11.6 Å². The standard InChI is InChI=1S/C14H17NO3.C13H16N2O3.C12H13NO2.C2H5ClO/c1-10(14(17)18-7-6-16)8-11-9-15-13-5-3-2-4-12(11)13;14-11(13(17)18-6-5-16)7-9-8-15-12-4-2-1-3-10(9)12;1-8(12(14)15)6-9-7-13-11-5-3-2-4-10(9)11;3-1-2-4/h2-5,9-10,15-16H,6-8H2,1H3;1-4,8,11,15-16H,5-7,14H2;2-5,7-8,13H,6H2,1H3,(H,14,15);4H,1-2H2. The summed E-state index contributed by atoms with van der Waals surface area (Å²) in [4.78, 5) is 43.3. The molecule has 3 heterocycles. The van der Waals surface area contributed by atoms with Gasteiger partial charge in [0.1, 0.15) is 19.3 Å². The van der Waals surface area contributed by atoms with Gasteiger partial charge in [0, 0.05) is 63.6 Å². The third-order valence-electron chi connectivity index (χ3n) is 8.40. The van der Waals surface area contributed by atoms with Crippen LogP contribution in [-0.2, 0) is 43.1 Å². The Balaban J connectivity index is 0.000000212. The first-order valence-corrected chi connectivity index (χ1v) is 18.4. The number of aliphatic hydroxyl groups is 3. The molecule has 0 fully saturated rings. The van der Waals surface area contributed by atoms with Crippen molar-refractivity contribution in [3.8, 4) is 0 Å². The van der Waals surface area contributed by atoms with Gasteiger partial charge in [0.05, 0.1) is 31.7 Å². The van der Waals surface area contributed by atoms with E-state index in [4.69, 9.17) is 47.2 Å². The van der Waals surface area contributed by atoms with E-state index in [1.54, 1.807) is 6.92 Å². The van der Waals surface area contributed by atoms with Crippen molar-refractivity contribution >= 4 is 62.2 Å². The minimum atomic E-state index is -0.750. The van der Waals surface area contributed by atoms with Gasteiger partial charge in [0.15, 0.2) is 0 Å². The summed E-state index contributed by atoms with van der Waals surface area (Å²) in [5, 5.41) is 37.1. The summed E-state index contributed by atoms with van der Waals surface area (Å²) in [5.74, 6) is -1.72. The van der Waals surface area contributed by atoms with Crippen LogP contribution in [0.5, 0.6) is 0 Å². The molecule has 6 aromatic rings. The number of esters is 2. The molecule has 55 heavy (non-hydrogen) atoms. The number of para-hydroxylation sites is 3. The number of carboxylic acid groups (broad SMARTS) is 1. The van der Waals surface area contributed by atoms with Gasteiger partial charge in [-0.05, 0) is 47.7 Å². The highest BCUT2D eigenvalue weighted by atomic mass is 35.5. The fourth-order valence-corrected chi connectivity index (χ4v) is 5.59. The third-order valence-corrected chi connectivity index (χ3v) is 8.57. The first kappa shape index (κ1) is 44.2. The highest BCUT2D eigenvalue weighted by molar-refractivity contribution is 6.17. The number of halogens is 1. The SMILES string of the molecule is CC(Cc1c[nH]c2ccccc12)C(=O)O.CC(Cc1c[nH]c2ccccc12)C(=O)OCCO.NC(Cc1c[nH]c2ccccc12)C(=O)OCCO.OCCCl. The zero-order valence-corrected chi connectivity index (χ0v) is 31.8. The summed E-state index contributed by atoms with van der Waals surface area (Å²) in [5.41, 5.74) is 12.1. The van der Waals surface area contributed by atoms with Crippen molar-refractivity contribution in [3.63, 3.8) is 0 Å². The second-order valence-electron chi connectivity index (χ2n) is 12.6. The quantitative estimate of drug-likeness (QED) is 0.0539. The minimum absolute atomic E-state index is 0.0135. The van der Waals surface area contributed by atoms with Crippen molar-refractivity contribution in [2.24, 2.45) is 17.6 Å². The molecular formula is C41H51ClN4O9. The highest BCUT2D eigenvalue weighted by Crippen LogP contribution is 2.22. The molecule has 0 radical (unpaired) electrons. The van der Waals surface area contributed by atoms with Gasteiger partial charge >= 0.3 is 17.9 Å². The summed E-state index contributed by atoms with van der Waals surface area (Å²) in [6.07, 6.45) is 7.29. The molecule has 3 atom stereocenters. The topological polar surface area (TPSA) is 224 Å². The van der Waals surface area contributed by atoms with E-state index in [0.29, 0.717) is 25.1 Å². The fraction of sp³-hybridized carbons (Fsp3) is 0.341. The number of hydrogen-bond donors (Lipinski definition) is 8. The highest BCUT2D eigenvalue weighted by Gasteiger charge is 2.18. The molecule has 0 saturated heterocycles. The number of aromatic amines is 3. The zero-order chi connectivity index (χ0) is 40.2. The maximum atomic E-state index is 11.6. The summed E-state index contributed by atoms with van der Waals surface area (Å²) in [6.45, 7) is 3.38.